The number of hydrogen-bond donors (Lipinski definition) is 0. The van der Waals surface area contributed by atoms with Gasteiger partial charge in [0.15, 0.2) is 0 Å². The maximum absolute atomic E-state index is 2.41. The number of aryl methyl sites for hydroxylation is 2. The first kappa shape index (κ1) is 13.1. The van der Waals surface area contributed by atoms with Crippen molar-refractivity contribution in [3.05, 3.63) is 72.3 Å². The number of para-hydroxylation sites is 1. The summed E-state index contributed by atoms with van der Waals surface area (Å²) in [5.74, 6) is 0. The molecule has 0 spiro atoms. The lowest BCUT2D eigenvalue weighted by Gasteiger charge is -2.06. The molecule has 0 unspecified atom stereocenters. The highest BCUT2D eigenvalue weighted by molar-refractivity contribution is 6.09. The lowest BCUT2D eigenvalue weighted by atomic mass is 10.0. The Labute approximate surface area is 130 Å². The standard InChI is InChI=1S/C21H19N/c1-3-22-20-7-5-4-6-18(20)19-13-12-17(14-21(19)22)16-10-8-15(2)9-11-16/h4-14H,3H2,1-2H3. The summed E-state index contributed by atoms with van der Waals surface area (Å²) in [5, 5.41) is 2.68. The Morgan fingerprint density at radius 3 is 2.18 bits per heavy atom. The molecule has 3 aromatic carbocycles. The first-order valence-corrected chi connectivity index (χ1v) is 7.86. The topological polar surface area (TPSA) is 4.93 Å². The van der Waals surface area contributed by atoms with Crippen molar-refractivity contribution in [3.8, 4) is 11.1 Å². The van der Waals surface area contributed by atoms with Gasteiger partial charge >= 0.3 is 0 Å². The van der Waals surface area contributed by atoms with E-state index in [0.717, 1.165) is 6.54 Å². The largest absolute Gasteiger partial charge is 0.341 e. The summed E-state index contributed by atoms with van der Waals surface area (Å²) in [4.78, 5) is 0. The average molecular weight is 285 g/mol. The van der Waals surface area contributed by atoms with Crippen molar-refractivity contribution in [2.45, 2.75) is 20.4 Å². The third-order valence-electron chi connectivity index (χ3n) is 4.47. The molecule has 0 N–H and O–H groups in total. The molecule has 0 amide bonds. The molecule has 1 heteroatoms. The van der Waals surface area contributed by atoms with Crippen LogP contribution in [0.1, 0.15) is 12.5 Å². The van der Waals surface area contributed by atoms with E-state index < -0.39 is 0 Å². The molecule has 22 heavy (non-hydrogen) atoms. The Bertz CT molecular complexity index is 958. The van der Waals surface area contributed by atoms with Gasteiger partial charge in [0.2, 0.25) is 0 Å². The summed E-state index contributed by atoms with van der Waals surface area (Å²) in [6.07, 6.45) is 0. The molecule has 4 aromatic rings. The van der Waals surface area contributed by atoms with E-state index in [1.165, 1.54) is 38.5 Å². The van der Waals surface area contributed by atoms with Gasteiger partial charge in [-0.2, -0.15) is 0 Å². The molecule has 0 aliphatic rings. The fourth-order valence-corrected chi connectivity index (χ4v) is 3.32. The van der Waals surface area contributed by atoms with E-state index in [9.17, 15) is 0 Å². The molecule has 1 nitrogen and oxygen atoms in total. The second kappa shape index (κ2) is 5.03. The minimum absolute atomic E-state index is 0.987. The van der Waals surface area contributed by atoms with Crippen LogP contribution in [0.15, 0.2) is 66.7 Å². The second-order valence-corrected chi connectivity index (χ2v) is 5.86. The molecule has 0 fully saturated rings. The van der Waals surface area contributed by atoms with E-state index in [1.807, 2.05) is 0 Å². The van der Waals surface area contributed by atoms with Gasteiger partial charge in [0.1, 0.15) is 0 Å². The maximum Gasteiger partial charge on any atom is 0.0497 e. The van der Waals surface area contributed by atoms with Crippen LogP contribution in [0.3, 0.4) is 0 Å². The van der Waals surface area contributed by atoms with Crippen LogP contribution in [0.25, 0.3) is 32.9 Å². The first-order chi connectivity index (χ1) is 10.8. The van der Waals surface area contributed by atoms with Gasteiger partial charge < -0.3 is 4.57 Å². The summed E-state index contributed by atoms with van der Waals surface area (Å²) in [5.41, 5.74) is 6.50. The number of benzene rings is 3. The summed E-state index contributed by atoms with van der Waals surface area (Å²) in [6, 6.07) is 24.3. The van der Waals surface area contributed by atoms with Crippen LogP contribution < -0.4 is 0 Å². The molecular formula is C21H19N. The number of nitrogens with zero attached hydrogens (tertiary/aromatic N) is 1. The van der Waals surface area contributed by atoms with Crippen molar-refractivity contribution in [1.82, 2.24) is 4.57 Å². The van der Waals surface area contributed by atoms with Gasteiger partial charge in [0.05, 0.1) is 0 Å². The minimum atomic E-state index is 0.987. The summed E-state index contributed by atoms with van der Waals surface area (Å²) < 4.78 is 2.41. The normalized spacial score (nSPS) is 11.4. The van der Waals surface area contributed by atoms with E-state index in [2.05, 4.69) is 85.1 Å². The molecule has 0 saturated carbocycles. The average Bonchev–Trinajstić information content (AvgIpc) is 2.88. The van der Waals surface area contributed by atoms with Gasteiger partial charge in [0, 0.05) is 28.4 Å². The van der Waals surface area contributed by atoms with Crippen molar-refractivity contribution >= 4 is 21.8 Å². The smallest absolute Gasteiger partial charge is 0.0497 e. The Morgan fingerprint density at radius 1 is 0.727 bits per heavy atom. The number of rotatable bonds is 2. The lowest BCUT2D eigenvalue weighted by Crippen LogP contribution is -1.92. The third kappa shape index (κ3) is 1.93. The third-order valence-corrected chi connectivity index (χ3v) is 4.47. The van der Waals surface area contributed by atoms with Gasteiger partial charge in [-0.25, -0.2) is 0 Å². The predicted molar refractivity (Wildman–Crippen MR) is 95.3 cm³/mol. The quantitative estimate of drug-likeness (QED) is 0.439. The summed E-state index contributed by atoms with van der Waals surface area (Å²) in [7, 11) is 0. The molecule has 0 aliphatic heterocycles. The summed E-state index contributed by atoms with van der Waals surface area (Å²) >= 11 is 0. The van der Waals surface area contributed by atoms with E-state index >= 15 is 0 Å². The second-order valence-electron chi connectivity index (χ2n) is 5.86. The number of aromatic nitrogens is 1. The Morgan fingerprint density at radius 2 is 1.41 bits per heavy atom. The molecule has 0 radical (unpaired) electrons. The van der Waals surface area contributed by atoms with Gasteiger partial charge in [-0.15, -0.1) is 0 Å². The molecule has 0 saturated heterocycles. The van der Waals surface area contributed by atoms with Gasteiger partial charge in [0.25, 0.3) is 0 Å². The highest BCUT2D eigenvalue weighted by Crippen LogP contribution is 2.32. The van der Waals surface area contributed by atoms with E-state index in [4.69, 9.17) is 0 Å². The molecule has 4 rings (SSSR count). The SMILES string of the molecule is CCn1c2ccccc2c2ccc(-c3ccc(C)cc3)cc21. The fraction of sp³-hybridized carbons (Fsp3) is 0.143. The van der Waals surface area contributed by atoms with E-state index in [-0.39, 0.29) is 0 Å². The molecule has 1 aromatic heterocycles. The molecule has 1 heterocycles. The predicted octanol–water partition coefficient (Wildman–Crippen LogP) is 5.79. The van der Waals surface area contributed by atoms with E-state index in [0.29, 0.717) is 0 Å². The highest BCUT2D eigenvalue weighted by Gasteiger charge is 2.10. The zero-order valence-corrected chi connectivity index (χ0v) is 13.0. The molecule has 0 atom stereocenters. The molecule has 0 aliphatic carbocycles. The number of hydrogen-bond acceptors (Lipinski definition) is 0. The van der Waals surface area contributed by atoms with Crippen molar-refractivity contribution < 1.29 is 0 Å². The highest BCUT2D eigenvalue weighted by atomic mass is 15.0. The number of fused-ring (bicyclic) bond motifs is 3. The Hall–Kier alpha value is -2.54. The van der Waals surface area contributed by atoms with Crippen LogP contribution >= 0.6 is 0 Å². The van der Waals surface area contributed by atoms with Crippen LogP contribution in [0.4, 0.5) is 0 Å². The first-order valence-electron chi connectivity index (χ1n) is 7.86. The Balaban J connectivity index is 2.01. The molecule has 0 bridgehead atoms. The van der Waals surface area contributed by atoms with Crippen LogP contribution in [-0.4, -0.2) is 4.57 Å². The van der Waals surface area contributed by atoms with Gasteiger partial charge in [-0.3, -0.25) is 0 Å². The van der Waals surface area contributed by atoms with Crippen LogP contribution in [0, 0.1) is 6.92 Å². The molecule has 108 valence electrons. The van der Waals surface area contributed by atoms with Crippen LogP contribution in [0.5, 0.6) is 0 Å². The van der Waals surface area contributed by atoms with Gasteiger partial charge in [-0.1, -0.05) is 60.2 Å². The van der Waals surface area contributed by atoms with E-state index in [1.54, 1.807) is 0 Å². The van der Waals surface area contributed by atoms with Gasteiger partial charge in [-0.05, 0) is 37.1 Å². The van der Waals surface area contributed by atoms with Crippen molar-refractivity contribution in [2.24, 2.45) is 0 Å². The van der Waals surface area contributed by atoms with Crippen LogP contribution in [-0.2, 0) is 6.54 Å². The zero-order chi connectivity index (χ0) is 15.1. The molecular weight excluding hydrogens is 266 g/mol. The van der Waals surface area contributed by atoms with Crippen LogP contribution in [0.2, 0.25) is 0 Å². The van der Waals surface area contributed by atoms with Crippen molar-refractivity contribution in [2.75, 3.05) is 0 Å². The zero-order valence-electron chi connectivity index (χ0n) is 13.0. The van der Waals surface area contributed by atoms with Crippen molar-refractivity contribution in [1.29, 1.82) is 0 Å². The van der Waals surface area contributed by atoms with Crippen molar-refractivity contribution in [3.63, 3.8) is 0 Å². The monoisotopic (exact) mass is 285 g/mol. The maximum atomic E-state index is 2.41. The lowest BCUT2D eigenvalue weighted by molar-refractivity contribution is 0.827. The minimum Gasteiger partial charge on any atom is -0.341 e. The summed E-state index contributed by atoms with van der Waals surface area (Å²) in [6.45, 7) is 5.33. The Kier molecular flexibility index (Phi) is 3.00. The fourth-order valence-electron chi connectivity index (χ4n) is 3.32.